The maximum Gasteiger partial charge on any atom is 0.233 e. The van der Waals surface area contributed by atoms with Crippen molar-refractivity contribution in [2.75, 3.05) is 6.61 Å². The lowest BCUT2D eigenvalue weighted by Crippen LogP contribution is -2.33. The molecule has 7 heteroatoms. The van der Waals surface area contributed by atoms with Gasteiger partial charge in [0.25, 0.3) is 0 Å². The van der Waals surface area contributed by atoms with Crippen LogP contribution in [-0.2, 0) is 17.8 Å². The van der Waals surface area contributed by atoms with Crippen LogP contribution in [0.5, 0.6) is 5.88 Å². The van der Waals surface area contributed by atoms with E-state index in [1.54, 1.807) is 42.7 Å². The fourth-order valence-electron chi connectivity index (χ4n) is 3.43. The molecule has 1 aromatic carbocycles. The zero-order chi connectivity index (χ0) is 21.3. The third-order valence-corrected chi connectivity index (χ3v) is 5.49. The van der Waals surface area contributed by atoms with Crippen molar-refractivity contribution in [1.29, 1.82) is 5.26 Å². The second-order valence-corrected chi connectivity index (χ2v) is 8.55. The highest BCUT2D eigenvalue weighted by Crippen LogP contribution is 2.38. The predicted octanol–water partition coefficient (Wildman–Crippen LogP) is 5.09. The lowest BCUT2D eigenvalue weighted by atomic mass is 9.88. The van der Waals surface area contributed by atoms with Gasteiger partial charge in [0.15, 0.2) is 18.2 Å². The van der Waals surface area contributed by atoms with Crippen LogP contribution < -0.4 is 4.74 Å². The van der Waals surface area contributed by atoms with Gasteiger partial charge in [-0.1, -0.05) is 28.1 Å². The largest absolute Gasteiger partial charge is 0.468 e. The first kappa shape index (κ1) is 20.3. The summed E-state index contributed by atoms with van der Waals surface area (Å²) < 4.78 is 18.1. The van der Waals surface area contributed by atoms with Gasteiger partial charge in [0.05, 0.1) is 18.5 Å². The highest BCUT2D eigenvalue weighted by atomic mass is 79.9. The van der Waals surface area contributed by atoms with E-state index in [0.29, 0.717) is 35.6 Å². The molecule has 0 N–H and O–H groups in total. The summed E-state index contributed by atoms with van der Waals surface area (Å²) in [6.45, 7) is 4.04. The molecule has 1 aliphatic heterocycles. The molecular weight excluding hydrogens is 448 g/mol. The van der Waals surface area contributed by atoms with Gasteiger partial charge in [-0.05, 0) is 43.7 Å². The number of ether oxygens (including phenoxy) is 2. The van der Waals surface area contributed by atoms with Crippen molar-refractivity contribution < 1.29 is 18.7 Å². The fourth-order valence-corrected chi connectivity index (χ4v) is 3.70. The van der Waals surface area contributed by atoms with Gasteiger partial charge in [-0.2, -0.15) is 5.26 Å². The van der Waals surface area contributed by atoms with E-state index >= 15 is 0 Å². The van der Waals surface area contributed by atoms with Crippen LogP contribution in [-0.4, -0.2) is 23.0 Å². The fraction of sp³-hybridized carbons (Fsp3) is 0.261. The number of rotatable bonds is 5. The van der Waals surface area contributed by atoms with Crippen LogP contribution in [0.15, 0.2) is 51.6 Å². The Morgan fingerprint density at radius 3 is 2.70 bits per heavy atom. The summed E-state index contributed by atoms with van der Waals surface area (Å²) in [5.74, 6) is 0.489. The first-order chi connectivity index (χ1) is 14.4. The quantitative estimate of drug-likeness (QED) is 0.486. The van der Waals surface area contributed by atoms with Crippen LogP contribution in [0.2, 0.25) is 0 Å². The first-order valence-corrected chi connectivity index (χ1v) is 10.2. The van der Waals surface area contributed by atoms with E-state index in [1.807, 2.05) is 13.8 Å². The summed E-state index contributed by atoms with van der Waals surface area (Å²) in [5.41, 5.74) is 2.63. The van der Waals surface area contributed by atoms with E-state index < -0.39 is 5.60 Å². The van der Waals surface area contributed by atoms with Crippen molar-refractivity contribution in [3.8, 4) is 23.4 Å². The number of aromatic nitrogens is 1. The van der Waals surface area contributed by atoms with E-state index in [0.717, 1.165) is 15.6 Å². The molecule has 4 rings (SSSR count). The number of nitrogens with zero attached hydrogens (tertiary/aromatic N) is 2. The highest BCUT2D eigenvalue weighted by Gasteiger charge is 2.33. The maximum atomic E-state index is 12.5. The number of nitriles is 1. The molecule has 0 aliphatic carbocycles. The van der Waals surface area contributed by atoms with Gasteiger partial charge in [0, 0.05) is 22.0 Å². The van der Waals surface area contributed by atoms with Crippen LogP contribution in [0.1, 0.15) is 40.9 Å². The smallest absolute Gasteiger partial charge is 0.233 e. The lowest BCUT2D eigenvalue weighted by molar-refractivity contribution is -0.0401. The molecule has 1 aliphatic rings. The summed E-state index contributed by atoms with van der Waals surface area (Å²) in [6, 6.07) is 12.8. The van der Waals surface area contributed by atoms with Gasteiger partial charge in [0.1, 0.15) is 17.3 Å². The Balaban J connectivity index is 1.72. The van der Waals surface area contributed by atoms with Crippen molar-refractivity contribution in [1.82, 2.24) is 4.98 Å². The van der Waals surface area contributed by atoms with Crippen LogP contribution in [0.25, 0.3) is 11.5 Å². The molecule has 3 heterocycles. The Morgan fingerprint density at radius 1 is 1.27 bits per heavy atom. The Morgan fingerprint density at radius 2 is 2.03 bits per heavy atom. The van der Waals surface area contributed by atoms with Gasteiger partial charge >= 0.3 is 0 Å². The normalized spacial score (nSPS) is 14.6. The minimum absolute atomic E-state index is 0.130. The first-order valence-electron chi connectivity index (χ1n) is 9.43. The molecule has 0 atom stereocenters. The van der Waals surface area contributed by atoms with Gasteiger partial charge < -0.3 is 13.9 Å². The third-order valence-electron chi connectivity index (χ3n) is 4.96. The van der Waals surface area contributed by atoms with Gasteiger partial charge in [-0.25, -0.2) is 4.98 Å². The Kier molecular flexibility index (Phi) is 5.46. The number of carbonyl (C=O) groups is 1. The number of ketones is 1. The summed E-state index contributed by atoms with van der Waals surface area (Å²) in [7, 11) is 0. The van der Waals surface area contributed by atoms with E-state index in [4.69, 9.17) is 13.9 Å². The van der Waals surface area contributed by atoms with Crippen molar-refractivity contribution in [2.45, 2.75) is 32.5 Å². The number of pyridine rings is 1. The number of hydrogen-bond acceptors (Lipinski definition) is 6. The zero-order valence-electron chi connectivity index (χ0n) is 16.6. The monoisotopic (exact) mass is 466 g/mol. The van der Waals surface area contributed by atoms with Gasteiger partial charge in [-0.15, -0.1) is 0 Å². The second-order valence-electron chi connectivity index (χ2n) is 7.63. The Labute approximate surface area is 182 Å². The number of Topliss-reactive ketones (excluding diaryl/α,β-unsaturated/α-hetero) is 1. The molecule has 0 saturated heterocycles. The zero-order valence-corrected chi connectivity index (χ0v) is 18.2. The van der Waals surface area contributed by atoms with Crippen LogP contribution >= 0.6 is 15.9 Å². The van der Waals surface area contributed by atoms with Crippen LogP contribution in [0.3, 0.4) is 0 Å². The van der Waals surface area contributed by atoms with Gasteiger partial charge in [-0.3, -0.25) is 4.79 Å². The number of benzene rings is 1. The number of fused-ring (bicyclic) bond motifs is 1. The summed E-state index contributed by atoms with van der Waals surface area (Å²) >= 11 is 3.35. The average molecular weight is 467 g/mol. The molecule has 152 valence electrons. The summed E-state index contributed by atoms with van der Waals surface area (Å²) in [6.07, 6.45) is 2.09. The predicted molar refractivity (Wildman–Crippen MR) is 113 cm³/mol. The molecule has 0 saturated carbocycles. The minimum atomic E-state index is -0.426. The van der Waals surface area contributed by atoms with Crippen molar-refractivity contribution in [3.05, 3.63) is 69.4 Å². The Bertz CT molecular complexity index is 1130. The maximum absolute atomic E-state index is 12.5. The van der Waals surface area contributed by atoms with Crippen LogP contribution in [0, 0.1) is 11.3 Å². The molecule has 2 aromatic heterocycles. The molecule has 0 unspecified atom stereocenters. The number of halogens is 1. The lowest BCUT2D eigenvalue weighted by Gasteiger charge is -2.33. The van der Waals surface area contributed by atoms with Crippen molar-refractivity contribution in [3.63, 3.8) is 0 Å². The summed E-state index contributed by atoms with van der Waals surface area (Å²) in [4.78, 5) is 17.1. The van der Waals surface area contributed by atoms with E-state index in [1.165, 1.54) is 0 Å². The van der Waals surface area contributed by atoms with E-state index in [2.05, 4.69) is 27.0 Å². The number of furan rings is 1. The number of hydrogen-bond donors (Lipinski definition) is 0. The summed E-state index contributed by atoms with van der Waals surface area (Å²) in [5, 5.41) is 9.85. The van der Waals surface area contributed by atoms with E-state index in [9.17, 15) is 10.1 Å². The van der Waals surface area contributed by atoms with Crippen molar-refractivity contribution in [2.24, 2.45) is 0 Å². The molecule has 3 aromatic rings. The molecule has 0 bridgehead atoms. The highest BCUT2D eigenvalue weighted by molar-refractivity contribution is 9.10. The third kappa shape index (κ3) is 4.02. The molecule has 0 spiro atoms. The topological polar surface area (TPSA) is 85.4 Å². The van der Waals surface area contributed by atoms with Crippen molar-refractivity contribution >= 4 is 21.7 Å². The molecule has 0 amide bonds. The molecule has 0 radical (unpaired) electrons. The van der Waals surface area contributed by atoms with Crippen LogP contribution in [0.4, 0.5) is 0 Å². The molecular formula is C23H19BrN2O4. The minimum Gasteiger partial charge on any atom is -0.468 e. The van der Waals surface area contributed by atoms with Gasteiger partial charge in [0.2, 0.25) is 5.88 Å². The molecule has 6 nitrogen and oxygen atoms in total. The average Bonchev–Trinajstić information content (AvgIpc) is 3.25. The molecule has 30 heavy (non-hydrogen) atoms. The SMILES string of the molecule is CC1(C)Cc2c(C#N)c(OCC(=O)c3ccc(Br)cc3)nc(-c3ccco3)c2CO1. The number of carbonyl (C=O) groups excluding carboxylic acids is 1. The standard InChI is InChI=1S/C23H19BrN2O4/c1-23(2)10-16-17(11-25)22(29-13-19(27)14-5-7-15(24)8-6-14)26-21(18(16)12-30-23)20-4-3-9-28-20/h3-9H,10,12-13H2,1-2H3. The van der Waals surface area contributed by atoms with E-state index in [-0.39, 0.29) is 18.3 Å². The molecule has 0 fully saturated rings. The Hall–Kier alpha value is -2.95. The second kappa shape index (κ2) is 8.05.